The van der Waals surface area contributed by atoms with Crippen molar-refractivity contribution in [1.82, 2.24) is 19.6 Å². The number of hydrogen-bond acceptors (Lipinski definition) is 4. The Bertz CT molecular complexity index is 1420. The third kappa shape index (κ3) is 3.72. The van der Waals surface area contributed by atoms with Gasteiger partial charge in [0.1, 0.15) is 0 Å². The van der Waals surface area contributed by atoms with Gasteiger partial charge in [-0.1, -0.05) is 66.2 Å². The summed E-state index contributed by atoms with van der Waals surface area (Å²) in [7, 11) is 0. The summed E-state index contributed by atoms with van der Waals surface area (Å²) in [4.78, 5) is 7.47. The summed E-state index contributed by atoms with van der Waals surface area (Å²) in [5.41, 5.74) is 4.03. The minimum absolute atomic E-state index is 0.660. The second kappa shape index (κ2) is 8.49. The van der Waals surface area contributed by atoms with E-state index in [0.717, 1.165) is 66.2 Å². The Labute approximate surface area is 197 Å². The first-order valence-electron chi connectivity index (χ1n) is 11.5. The van der Waals surface area contributed by atoms with E-state index in [2.05, 4.69) is 55.9 Å². The monoisotopic (exact) mass is 453 g/mol. The molecule has 0 atom stereocenters. The van der Waals surface area contributed by atoms with Gasteiger partial charge in [0.2, 0.25) is 5.95 Å². The van der Waals surface area contributed by atoms with Crippen molar-refractivity contribution in [3.05, 3.63) is 89.4 Å². The van der Waals surface area contributed by atoms with Crippen molar-refractivity contribution in [1.29, 1.82) is 0 Å². The highest BCUT2D eigenvalue weighted by atomic mass is 35.5. The number of hydrogen-bond donors (Lipinski definition) is 0. The normalized spacial score (nSPS) is 14.9. The molecule has 1 saturated heterocycles. The fourth-order valence-corrected chi connectivity index (χ4v) is 5.10. The Kier molecular flexibility index (Phi) is 5.19. The van der Waals surface area contributed by atoms with Gasteiger partial charge in [-0.15, -0.1) is 10.2 Å². The van der Waals surface area contributed by atoms with E-state index >= 15 is 0 Å². The maximum atomic E-state index is 6.55. The third-order valence-corrected chi connectivity index (χ3v) is 6.94. The topological polar surface area (TPSA) is 46.3 Å². The van der Waals surface area contributed by atoms with Gasteiger partial charge in [-0.05, 0) is 55.0 Å². The number of halogens is 1. The Morgan fingerprint density at radius 1 is 0.818 bits per heavy atom. The van der Waals surface area contributed by atoms with Crippen LogP contribution in [-0.2, 0) is 6.42 Å². The Hall–Kier alpha value is -3.44. The van der Waals surface area contributed by atoms with E-state index in [-0.39, 0.29) is 0 Å². The summed E-state index contributed by atoms with van der Waals surface area (Å²) in [5.74, 6) is 2.31. The maximum absolute atomic E-state index is 6.55. The lowest BCUT2D eigenvalue weighted by Crippen LogP contribution is -2.36. The van der Waals surface area contributed by atoms with Crippen molar-refractivity contribution in [2.75, 3.05) is 18.0 Å². The molecule has 0 spiro atoms. The minimum Gasteiger partial charge on any atom is -0.342 e. The predicted octanol–water partition coefficient (Wildman–Crippen LogP) is 6.06. The first-order chi connectivity index (χ1) is 16.3. The number of piperidine rings is 1. The van der Waals surface area contributed by atoms with Gasteiger partial charge in [0.05, 0.1) is 10.5 Å². The minimum atomic E-state index is 0.660. The molecule has 1 aliphatic heterocycles. The average molecular weight is 454 g/mol. The third-order valence-electron chi connectivity index (χ3n) is 6.61. The SMILES string of the molecule is Clc1ccccc1-c1nnc2c3ccccc3nc(N3CCC(Cc4ccccc4)CC3)n12. The van der Waals surface area contributed by atoms with Gasteiger partial charge in [-0.3, -0.25) is 0 Å². The zero-order valence-corrected chi connectivity index (χ0v) is 19.0. The largest absolute Gasteiger partial charge is 0.342 e. The molecule has 0 amide bonds. The zero-order chi connectivity index (χ0) is 22.2. The summed E-state index contributed by atoms with van der Waals surface area (Å²) < 4.78 is 2.08. The molecule has 6 rings (SSSR count). The Morgan fingerprint density at radius 2 is 1.55 bits per heavy atom. The molecule has 1 fully saturated rings. The van der Waals surface area contributed by atoms with Crippen molar-refractivity contribution < 1.29 is 0 Å². The Morgan fingerprint density at radius 3 is 2.36 bits per heavy atom. The summed E-state index contributed by atoms with van der Waals surface area (Å²) in [5, 5.41) is 10.8. The van der Waals surface area contributed by atoms with Crippen LogP contribution < -0.4 is 4.90 Å². The number of benzene rings is 3. The van der Waals surface area contributed by atoms with Gasteiger partial charge in [-0.2, -0.15) is 0 Å². The van der Waals surface area contributed by atoms with Gasteiger partial charge >= 0.3 is 0 Å². The van der Waals surface area contributed by atoms with Crippen LogP contribution in [0.2, 0.25) is 5.02 Å². The molecule has 164 valence electrons. The molecule has 0 saturated carbocycles. The molecule has 33 heavy (non-hydrogen) atoms. The zero-order valence-electron chi connectivity index (χ0n) is 18.2. The number of para-hydroxylation sites is 1. The highest BCUT2D eigenvalue weighted by Crippen LogP contribution is 2.33. The van der Waals surface area contributed by atoms with Crippen LogP contribution in [0.25, 0.3) is 27.9 Å². The maximum Gasteiger partial charge on any atom is 0.213 e. The molecular formula is C27H24ClN5. The molecule has 0 N–H and O–H groups in total. The van der Waals surface area contributed by atoms with Gasteiger partial charge in [-0.25, -0.2) is 9.38 Å². The van der Waals surface area contributed by atoms with E-state index in [0.29, 0.717) is 10.9 Å². The van der Waals surface area contributed by atoms with E-state index in [1.807, 2.05) is 42.5 Å². The summed E-state index contributed by atoms with van der Waals surface area (Å²) in [6.45, 7) is 1.91. The number of aromatic nitrogens is 4. The highest BCUT2D eigenvalue weighted by molar-refractivity contribution is 6.33. The Balaban J connectivity index is 1.40. The van der Waals surface area contributed by atoms with Crippen LogP contribution in [-0.4, -0.2) is 32.7 Å². The van der Waals surface area contributed by atoms with Crippen molar-refractivity contribution in [3.63, 3.8) is 0 Å². The second-order valence-electron chi connectivity index (χ2n) is 8.71. The molecule has 1 aliphatic rings. The molecule has 5 nitrogen and oxygen atoms in total. The van der Waals surface area contributed by atoms with E-state index in [9.17, 15) is 0 Å². The number of anilines is 1. The van der Waals surface area contributed by atoms with Crippen LogP contribution in [0.5, 0.6) is 0 Å². The molecule has 0 unspecified atom stereocenters. The first kappa shape index (κ1) is 20.2. The lowest BCUT2D eigenvalue weighted by molar-refractivity contribution is 0.400. The number of rotatable bonds is 4. The van der Waals surface area contributed by atoms with Crippen LogP contribution in [0, 0.1) is 5.92 Å². The molecular weight excluding hydrogens is 430 g/mol. The summed E-state index contributed by atoms with van der Waals surface area (Å²) >= 11 is 6.55. The van der Waals surface area contributed by atoms with Gasteiger partial charge in [0, 0.05) is 24.0 Å². The van der Waals surface area contributed by atoms with Crippen molar-refractivity contribution >= 4 is 34.1 Å². The fourth-order valence-electron chi connectivity index (χ4n) is 4.88. The molecule has 2 aromatic heterocycles. The molecule has 0 bridgehead atoms. The number of fused-ring (bicyclic) bond motifs is 3. The lowest BCUT2D eigenvalue weighted by Gasteiger charge is -2.33. The van der Waals surface area contributed by atoms with Crippen molar-refractivity contribution in [2.24, 2.45) is 5.92 Å². The van der Waals surface area contributed by atoms with Crippen LogP contribution in [0.3, 0.4) is 0 Å². The van der Waals surface area contributed by atoms with Crippen LogP contribution >= 0.6 is 11.6 Å². The van der Waals surface area contributed by atoms with Crippen molar-refractivity contribution in [2.45, 2.75) is 19.3 Å². The molecule has 0 aliphatic carbocycles. The van der Waals surface area contributed by atoms with Gasteiger partial charge < -0.3 is 4.90 Å². The predicted molar refractivity (Wildman–Crippen MR) is 134 cm³/mol. The summed E-state index contributed by atoms with van der Waals surface area (Å²) in [6, 6.07) is 26.7. The summed E-state index contributed by atoms with van der Waals surface area (Å²) in [6.07, 6.45) is 3.40. The molecule has 6 heteroatoms. The molecule has 3 aromatic carbocycles. The van der Waals surface area contributed by atoms with Crippen molar-refractivity contribution in [3.8, 4) is 11.4 Å². The van der Waals surface area contributed by atoms with E-state index in [4.69, 9.17) is 16.6 Å². The van der Waals surface area contributed by atoms with Crippen LogP contribution in [0.1, 0.15) is 18.4 Å². The first-order valence-corrected chi connectivity index (χ1v) is 11.8. The van der Waals surface area contributed by atoms with Crippen LogP contribution in [0.4, 0.5) is 5.95 Å². The quantitative estimate of drug-likeness (QED) is 0.332. The second-order valence-corrected chi connectivity index (χ2v) is 9.12. The van der Waals surface area contributed by atoms with Crippen LogP contribution in [0.15, 0.2) is 78.9 Å². The smallest absolute Gasteiger partial charge is 0.213 e. The standard InChI is InChI=1S/C27H24ClN5/c28-23-12-6-4-10-21(23)25-30-31-26-22-11-5-7-13-24(22)29-27(33(25)26)32-16-14-20(15-17-32)18-19-8-2-1-3-9-19/h1-13,20H,14-18H2. The van der Waals surface area contributed by atoms with E-state index in [1.54, 1.807) is 0 Å². The van der Waals surface area contributed by atoms with Gasteiger partial charge in [0.25, 0.3) is 0 Å². The molecule has 5 aromatic rings. The van der Waals surface area contributed by atoms with E-state index < -0.39 is 0 Å². The fraction of sp³-hybridized carbons (Fsp3) is 0.222. The lowest BCUT2D eigenvalue weighted by atomic mass is 9.90. The molecule has 0 radical (unpaired) electrons. The van der Waals surface area contributed by atoms with E-state index in [1.165, 1.54) is 5.56 Å². The van der Waals surface area contributed by atoms with Gasteiger partial charge in [0.15, 0.2) is 11.5 Å². The molecule has 3 heterocycles. The average Bonchev–Trinajstić information content (AvgIpc) is 3.30. The highest BCUT2D eigenvalue weighted by Gasteiger charge is 2.25. The number of nitrogens with zero attached hydrogens (tertiary/aromatic N) is 5.